The smallest absolute Gasteiger partial charge is 0.214 e. The average molecular weight is 241 g/mol. The van der Waals surface area contributed by atoms with Crippen LogP contribution in [-0.4, -0.2) is 6.26 Å². The second-order valence-electron chi connectivity index (χ2n) is 3.24. The Hall–Kier alpha value is -0.930. The highest BCUT2D eigenvalue weighted by atomic mass is 35.5. The van der Waals surface area contributed by atoms with E-state index in [-0.39, 0.29) is 12.4 Å². The quantitative estimate of drug-likeness (QED) is 0.511. The van der Waals surface area contributed by atoms with Crippen molar-refractivity contribution >= 4 is 28.4 Å². The molecule has 15 heavy (non-hydrogen) atoms. The lowest BCUT2D eigenvalue weighted by Gasteiger charge is -2.04. The molecule has 0 unspecified atom stereocenters. The number of thioether (sulfide) groups is 1. The van der Waals surface area contributed by atoms with Gasteiger partial charge in [-0.15, -0.1) is 11.8 Å². The van der Waals surface area contributed by atoms with E-state index in [2.05, 4.69) is 22.9 Å². The zero-order valence-electron chi connectivity index (χ0n) is 8.70. The van der Waals surface area contributed by atoms with Crippen molar-refractivity contribution in [1.29, 1.82) is 0 Å². The van der Waals surface area contributed by atoms with Gasteiger partial charge in [0, 0.05) is 6.07 Å². The molecule has 0 saturated heterocycles. The van der Waals surface area contributed by atoms with Crippen LogP contribution in [0.15, 0.2) is 35.4 Å². The Bertz CT molecular complexity index is 485. The largest absolute Gasteiger partial charge is 1.00 e. The molecule has 0 aliphatic rings. The van der Waals surface area contributed by atoms with E-state index in [0.29, 0.717) is 0 Å². The number of hydrogen-bond donors (Lipinski definition) is 1. The summed E-state index contributed by atoms with van der Waals surface area (Å²) in [6.45, 7) is 0. The number of anilines is 1. The third kappa shape index (κ3) is 2.03. The van der Waals surface area contributed by atoms with Crippen LogP contribution in [-0.2, 0) is 7.05 Å². The van der Waals surface area contributed by atoms with Gasteiger partial charge in [0.2, 0.25) is 5.52 Å². The zero-order chi connectivity index (χ0) is 10.1. The molecule has 0 aliphatic carbocycles. The molecule has 0 aliphatic heterocycles. The first kappa shape index (κ1) is 12.1. The molecule has 0 fully saturated rings. The molecule has 1 aromatic heterocycles. The number of nitrogen functional groups attached to an aromatic ring is 1. The highest BCUT2D eigenvalue weighted by Gasteiger charge is 2.11. The van der Waals surface area contributed by atoms with E-state index in [1.165, 1.54) is 5.52 Å². The van der Waals surface area contributed by atoms with Gasteiger partial charge in [0.05, 0.1) is 16.0 Å². The fraction of sp³-hybridized carbons (Fsp3) is 0.182. The number of aryl methyl sites for hydroxylation is 1. The molecule has 2 nitrogen and oxygen atoms in total. The van der Waals surface area contributed by atoms with E-state index >= 15 is 0 Å². The van der Waals surface area contributed by atoms with Gasteiger partial charge in [0.1, 0.15) is 7.05 Å². The molecule has 0 spiro atoms. The molecule has 1 heterocycles. The number of hydrogen-bond acceptors (Lipinski definition) is 2. The van der Waals surface area contributed by atoms with E-state index in [9.17, 15) is 0 Å². The average Bonchev–Trinajstić information content (AvgIpc) is 2.23. The molecule has 2 aromatic rings. The minimum absolute atomic E-state index is 0. The normalized spacial score (nSPS) is 10.0. The first-order chi connectivity index (χ1) is 6.74. The summed E-state index contributed by atoms with van der Waals surface area (Å²) >= 11 is 1.68. The molecular formula is C11H13ClN2S. The van der Waals surface area contributed by atoms with Crippen LogP contribution in [0.4, 0.5) is 5.69 Å². The van der Waals surface area contributed by atoms with Gasteiger partial charge in [-0.1, -0.05) is 12.1 Å². The fourth-order valence-corrected chi connectivity index (χ4v) is 2.21. The molecule has 0 amide bonds. The number of aromatic nitrogens is 1. The SMILES string of the molecule is CSc1c[n+](C)c2ccccc2c1N.[Cl-]. The third-order valence-electron chi connectivity index (χ3n) is 2.37. The third-order valence-corrected chi connectivity index (χ3v) is 3.14. The Kier molecular flexibility index (Phi) is 3.83. The summed E-state index contributed by atoms with van der Waals surface area (Å²) in [6.07, 6.45) is 4.11. The maximum absolute atomic E-state index is 6.06. The molecule has 4 heteroatoms. The summed E-state index contributed by atoms with van der Waals surface area (Å²) in [5, 5.41) is 1.13. The summed E-state index contributed by atoms with van der Waals surface area (Å²) in [5.74, 6) is 0. The van der Waals surface area contributed by atoms with E-state index in [0.717, 1.165) is 16.0 Å². The molecule has 2 N–H and O–H groups in total. The van der Waals surface area contributed by atoms with Gasteiger partial charge in [-0.3, -0.25) is 0 Å². The molecular weight excluding hydrogens is 228 g/mol. The predicted molar refractivity (Wildman–Crippen MR) is 61.3 cm³/mol. The van der Waals surface area contributed by atoms with Crippen LogP contribution in [0.3, 0.4) is 0 Å². The van der Waals surface area contributed by atoms with E-state index < -0.39 is 0 Å². The van der Waals surface area contributed by atoms with Crippen LogP contribution in [0.5, 0.6) is 0 Å². The van der Waals surface area contributed by atoms with Crippen molar-refractivity contribution in [2.24, 2.45) is 7.05 Å². The fourth-order valence-electron chi connectivity index (χ4n) is 1.62. The monoisotopic (exact) mass is 240 g/mol. The number of fused-ring (bicyclic) bond motifs is 1. The number of benzene rings is 1. The molecule has 0 radical (unpaired) electrons. The van der Waals surface area contributed by atoms with Crippen LogP contribution in [0.1, 0.15) is 0 Å². The second kappa shape index (κ2) is 4.73. The van der Waals surface area contributed by atoms with Gasteiger partial charge in [-0.25, -0.2) is 0 Å². The van der Waals surface area contributed by atoms with Gasteiger partial charge in [0.25, 0.3) is 0 Å². The minimum atomic E-state index is 0. The standard InChI is InChI=1S/C11H12N2S.ClH/c1-13-7-10(14-2)11(12)8-5-3-4-6-9(8)13;/h3-7,12H,1-2H3;1H. The zero-order valence-corrected chi connectivity index (χ0v) is 10.3. The molecule has 0 saturated carbocycles. The second-order valence-corrected chi connectivity index (χ2v) is 4.09. The summed E-state index contributed by atoms with van der Waals surface area (Å²) < 4.78 is 2.11. The Labute approximate surface area is 99.9 Å². The number of halogens is 1. The maximum atomic E-state index is 6.06. The van der Waals surface area contributed by atoms with Gasteiger partial charge in [-0.05, 0) is 12.3 Å². The number of pyridine rings is 1. The Morgan fingerprint density at radius 3 is 2.60 bits per heavy atom. The highest BCUT2D eigenvalue weighted by Crippen LogP contribution is 2.27. The van der Waals surface area contributed by atoms with Crippen LogP contribution < -0.4 is 22.7 Å². The number of para-hydroxylation sites is 1. The van der Waals surface area contributed by atoms with E-state index in [1.807, 2.05) is 25.4 Å². The predicted octanol–water partition coefficient (Wildman–Crippen LogP) is -1.03. The van der Waals surface area contributed by atoms with Crippen molar-refractivity contribution in [3.8, 4) is 0 Å². The summed E-state index contributed by atoms with van der Waals surface area (Å²) in [4.78, 5) is 1.13. The van der Waals surface area contributed by atoms with Crippen molar-refractivity contribution in [2.45, 2.75) is 4.90 Å². The Balaban J connectivity index is 0.00000112. The lowest BCUT2D eigenvalue weighted by Crippen LogP contribution is -3.00. The number of nitrogens with zero attached hydrogens (tertiary/aromatic N) is 1. The van der Waals surface area contributed by atoms with Gasteiger partial charge in [-0.2, -0.15) is 4.57 Å². The van der Waals surface area contributed by atoms with Gasteiger partial charge < -0.3 is 18.1 Å². The Morgan fingerprint density at radius 1 is 1.27 bits per heavy atom. The molecule has 80 valence electrons. The first-order valence-corrected chi connectivity index (χ1v) is 5.67. The van der Waals surface area contributed by atoms with E-state index in [1.54, 1.807) is 11.8 Å². The maximum Gasteiger partial charge on any atom is 0.214 e. The summed E-state index contributed by atoms with van der Waals surface area (Å²) in [7, 11) is 2.04. The lowest BCUT2D eigenvalue weighted by molar-refractivity contribution is -0.646. The van der Waals surface area contributed by atoms with Crippen molar-refractivity contribution in [2.75, 3.05) is 12.0 Å². The minimum Gasteiger partial charge on any atom is -1.00 e. The molecule has 0 bridgehead atoms. The van der Waals surface area contributed by atoms with Crippen LogP contribution in [0.25, 0.3) is 10.9 Å². The number of rotatable bonds is 1. The topological polar surface area (TPSA) is 29.9 Å². The van der Waals surface area contributed by atoms with Crippen LogP contribution in [0, 0.1) is 0 Å². The van der Waals surface area contributed by atoms with Gasteiger partial charge >= 0.3 is 0 Å². The molecule has 1 aromatic carbocycles. The van der Waals surface area contributed by atoms with E-state index in [4.69, 9.17) is 5.73 Å². The molecule has 0 atom stereocenters. The van der Waals surface area contributed by atoms with Crippen LogP contribution >= 0.6 is 11.8 Å². The number of nitrogens with two attached hydrogens (primary N) is 1. The molecule has 2 rings (SSSR count). The van der Waals surface area contributed by atoms with Crippen molar-refractivity contribution in [3.63, 3.8) is 0 Å². The summed E-state index contributed by atoms with van der Waals surface area (Å²) in [6, 6.07) is 8.18. The highest BCUT2D eigenvalue weighted by molar-refractivity contribution is 7.98. The van der Waals surface area contributed by atoms with Crippen LogP contribution in [0.2, 0.25) is 0 Å². The van der Waals surface area contributed by atoms with Crippen molar-refractivity contribution < 1.29 is 17.0 Å². The lowest BCUT2D eigenvalue weighted by atomic mass is 10.2. The summed E-state index contributed by atoms with van der Waals surface area (Å²) in [5.41, 5.74) is 8.11. The van der Waals surface area contributed by atoms with Crippen molar-refractivity contribution in [3.05, 3.63) is 30.5 Å². The first-order valence-electron chi connectivity index (χ1n) is 4.45. The Morgan fingerprint density at radius 2 is 1.93 bits per heavy atom. The van der Waals surface area contributed by atoms with Gasteiger partial charge in [0.15, 0.2) is 6.20 Å². The van der Waals surface area contributed by atoms with Crippen molar-refractivity contribution in [1.82, 2.24) is 0 Å².